The summed E-state index contributed by atoms with van der Waals surface area (Å²) in [6.45, 7) is 1.12. The van der Waals surface area contributed by atoms with Crippen LogP contribution >= 0.6 is 11.6 Å². The molecule has 1 aromatic rings. The minimum absolute atomic E-state index is 0.372. The summed E-state index contributed by atoms with van der Waals surface area (Å²) in [4.78, 5) is -0.372. The fourth-order valence-corrected chi connectivity index (χ4v) is 1.22. The summed E-state index contributed by atoms with van der Waals surface area (Å²) in [5.41, 5.74) is 0. The zero-order valence-electron chi connectivity index (χ0n) is 5.34. The van der Waals surface area contributed by atoms with Gasteiger partial charge in [-0.3, -0.25) is 0 Å². The van der Waals surface area contributed by atoms with Crippen molar-refractivity contribution in [1.82, 2.24) is 0 Å². The minimum Gasteiger partial charge on any atom is -0.467 e. The van der Waals surface area contributed by atoms with Crippen molar-refractivity contribution in [2.75, 3.05) is 13.2 Å². The lowest BCUT2D eigenvalue weighted by molar-refractivity contribution is -0.0243. The molecular weight excluding hydrogens is 152 g/mol. The van der Waals surface area contributed by atoms with Gasteiger partial charge < -0.3 is 9.15 Å². The molecule has 2 rings (SSSR count). The standard InChI is InChI=1S/C7H7ClO2/c8-7(4-9-5-7)6-2-1-3-10-6/h1-3H,4-5H2. The van der Waals surface area contributed by atoms with Gasteiger partial charge in [-0.25, -0.2) is 0 Å². The highest BCUT2D eigenvalue weighted by Crippen LogP contribution is 2.36. The fourth-order valence-electron chi connectivity index (χ4n) is 0.957. The Labute approximate surface area is 63.7 Å². The molecule has 0 aliphatic carbocycles. The first-order valence-corrected chi connectivity index (χ1v) is 3.50. The Morgan fingerprint density at radius 1 is 1.50 bits per heavy atom. The van der Waals surface area contributed by atoms with E-state index < -0.39 is 0 Å². The van der Waals surface area contributed by atoms with Crippen molar-refractivity contribution in [2.45, 2.75) is 4.87 Å². The highest BCUT2D eigenvalue weighted by atomic mass is 35.5. The van der Waals surface area contributed by atoms with Crippen LogP contribution in [0, 0.1) is 0 Å². The van der Waals surface area contributed by atoms with Gasteiger partial charge in [-0.2, -0.15) is 0 Å². The van der Waals surface area contributed by atoms with Crippen LogP contribution in [0.15, 0.2) is 22.8 Å². The van der Waals surface area contributed by atoms with E-state index in [0.717, 1.165) is 5.76 Å². The van der Waals surface area contributed by atoms with Crippen LogP contribution in [0.25, 0.3) is 0 Å². The maximum Gasteiger partial charge on any atom is 0.148 e. The van der Waals surface area contributed by atoms with Gasteiger partial charge in [0, 0.05) is 0 Å². The lowest BCUT2D eigenvalue weighted by Crippen LogP contribution is -2.41. The second-order valence-electron chi connectivity index (χ2n) is 2.44. The summed E-state index contributed by atoms with van der Waals surface area (Å²) in [6, 6.07) is 3.70. The molecule has 1 saturated heterocycles. The largest absolute Gasteiger partial charge is 0.467 e. The van der Waals surface area contributed by atoms with Crippen LogP contribution in [-0.4, -0.2) is 13.2 Å². The lowest BCUT2D eigenvalue weighted by atomic mass is 10.0. The van der Waals surface area contributed by atoms with E-state index in [2.05, 4.69) is 0 Å². The summed E-state index contributed by atoms with van der Waals surface area (Å²) in [5.74, 6) is 0.806. The quantitative estimate of drug-likeness (QED) is 0.581. The van der Waals surface area contributed by atoms with Crippen molar-refractivity contribution in [2.24, 2.45) is 0 Å². The average Bonchev–Trinajstić information content (AvgIpc) is 2.33. The van der Waals surface area contributed by atoms with Crippen molar-refractivity contribution in [1.29, 1.82) is 0 Å². The molecule has 0 aromatic carbocycles. The van der Waals surface area contributed by atoms with Crippen LogP contribution in [0.5, 0.6) is 0 Å². The molecule has 1 aliphatic rings. The van der Waals surface area contributed by atoms with Crippen LogP contribution in [0.3, 0.4) is 0 Å². The molecule has 54 valence electrons. The maximum absolute atomic E-state index is 6.06. The Bertz CT molecular complexity index is 214. The minimum atomic E-state index is -0.372. The van der Waals surface area contributed by atoms with Crippen molar-refractivity contribution >= 4 is 11.6 Å². The molecule has 0 N–H and O–H groups in total. The van der Waals surface area contributed by atoms with Gasteiger partial charge in [0.05, 0.1) is 19.5 Å². The zero-order chi connectivity index (χ0) is 7.03. The van der Waals surface area contributed by atoms with E-state index in [1.165, 1.54) is 0 Å². The topological polar surface area (TPSA) is 22.4 Å². The number of hydrogen-bond donors (Lipinski definition) is 0. The van der Waals surface area contributed by atoms with Crippen molar-refractivity contribution in [3.05, 3.63) is 24.2 Å². The van der Waals surface area contributed by atoms with Gasteiger partial charge in [0.15, 0.2) is 0 Å². The predicted molar refractivity (Wildman–Crippen MR) is 37.1 cm³/mol. The number of alkyl halides is 1. The van der Waals surface area contributed by atoms with Gasteiger partial charge in [-0.05, 0) is 12.1 Å². The molecule has 0 unspecified atom stereocenters. The summed E-state index contributed by atoms with van der Waals surface area (Å²) in [6.07, 6.45) is 1.62. The molecule has 1 fully saturated rings. The number of hydrogen-bond acceptors (Lipinski definition) is 2. The van der Waals surface area contributed by atoms with Gasteiger partial charge in [0.1, 0.15) is 10.6 Å². The monoisotopic (exact) mass is 158 g/mol. The normalized spacial score (nSPS) is 22.1. The first-order chi connectivity index (χ1) is 4.81. The van der Waals surface area contributed by atoms with E-state index >= 15 is 0 Å². The molecule has 1 aliphatic heterocycles. The van der Waals surface area contributed by atoms with E-state index in [1.807, 2.05) is 12.1 Å². The molecule has 1 aromatic heterocycles. The van der Waals surface area contributed by atoms with Gasteiger partial charge in [-0.1, -0.05) is 0 Å². The number of ether oxygens (including phenoxy) is 1. The SMILES string of the molecule is ClC1(c2ccco2)COC1. The Kier molecular flexibility index (Phi) is 1.25. The lowest BCUT2D eigenvalue weighted by Gasteiger charge is -2.33. The van der Waals surface area contributed by atoms with Gasteiger partial charge in [0.2, 0.25) is 0 Å². The Morgan fingerprint density at radius 2 is 2.30 bits per heavy atom. The van der Waals surface area contributed by atoms with E-state index in [1.54, 1.807) is 6.26 Å². The first kappa shape index (κ1) is 6.25. The highest BCUT2D eigenvalue weighted by Gasteiger charge is 2.40. The molecule has 2 nitrogen and oxygen atoms in total. The van der Waals surface area contributed by atoms with Crippen LogP contribution in [-0.2, 0) is 9.61 Å². The third-order valence-electron chi connectivity index (χ3n) is 1.62. The zero-order valence-corrected chi connectivity index (χ0v) is 6.10. The third-order valence-corrected chi connectivity index (χ3v) is 2.03. The number of furan rings is 1. The summed E-state index contributed by atoms with van der Waals surface area (Å²) < 4.78 is 10.1. The Morgan fingerprint density at radius 3 is 2.70 bits per heavy atom. The molecular formula is C7H7ClO2. The van der Waals surface area contributed by atoms with E-state index in [-0.39, 0.29) is 4.87 Å². The van der Waals surface area contributed by atoms with Crippen molar-refractivity contribution in [3.8, 4) is 0 Å². The van der Waals surface area contributed by atoms with Crippen LogP contribution < -0.4 is 0 Å². The van der Waals surface area contributed by atoms with Gasteiger partial charge >= 0.3 is 0 Å². The molecule has 2 heterocycles. The van der Waals surface area contributed by atoms with Gasteiger partial charge in [0.25, 0.3) is 0 Å². The maximum atomic E-state index is 6.06. The number of halogens is 1. The molecule has 0 atom stereocenters. The van der Waals surface area contributed by atoms with E-state index in [4.69, 9.17) is 20.8 Å². The summed E-state index contributed by atoms with van der Waals surface area (Å²) in [5, 5.41) is 0. The van der Waals surface area contributed by atoms with Crippen LogP contribution in [0.1, 0.15) is 5.76 Å². The highest BCUT2D eigenvalue weighted by molar-refractivity contribution is 6.24. The Balaban J connectivity index is 2.27. The summed E-state index contributed by atoms with van der Waals surface area (Å²) in [7, 11) is 0. The predicted octanol–water partition coefficient (Wildman–Crippen LogP) is 1.74. The van der Waals surface area contributed by atoms with Crippen LogP contribution in [0.2, 0.25) is 0 Å². The smallest absolute Gasteiger partial charge is 0.148 e. The van der Waals surface area contributed by atoms with Crippen LogP contribution in [0.4, 0.5) is 0 Å². The molecule has 0 saturated carbocycles. The molecule has 10 heavy (non-hydrogen) atoms. The molecule has 0 amide bonds. The van der Waals surface area contributed by atoms with Crippen molar-refractivity contribution in [3.63, 3.8) is 0 Å². The van der Waals surface area contributed by atoms with Crippen molar-refractivity contribution < 1.29 is 9.15 Å². The average molecular weight is 159 g/mol. The Hall–Kier alpha value is -0.470. The third kappa shape index (κ3) is 0.762. The van der Waals surface area contributed by atoms with E-state index in [9.17, 15) is 0 Å². The van der Waals surface area contributed by atoms with Gasteiger partial charge in [-0.15, -0.1) is 11.6 Å². The molecule has 0 bridgehead atoms. The second kappa shape index (κ2) is 2.01. The fraction of sp³-hybridized carbons (Fsp3) is 0.429. The molecule has 0 radical (unpaired) electrons. The van der Waals surface area contributed by atoms with E-state index in [0.29, 0.717) is 13.2 Å². The second-order valence-corrected chi connectivity index (χ2v) is 3.16. The molecule has 3 heteroatoms. The molecule has 0 spiro atoms. The summed E-state index contributed by atoms with van der Waals surface area (Å²) >= 11 is 6.06. The number of rotatable bonds is 1. The first-order valence-electron chi connectivity index (χ1n) is 3.12.